The summed E-state index contributed by atoms with van der Waals surface area (Å²) in [7, 11) is 3.32. The largest absolute Gasteiger partial charge is 0.497 e. The van der Waals surface area contributed by atoms with Crippen LogP contribution in [0, 0.1) is 0 Å². The van der Waals surface area contributed by atoms with Gasteiger partial charge in [0, 0.05) is 16.1 Å². The van der Waals surface area contributed by atoms with Crippen molar-refractivity contribution in [3.05, 3.63) is 23.8 Å². The van der Waals surface area contributed by atoms with Crippen LogP contribution in [-0.4, -0.2) is 14.2 Å². The van der Waals surface area contributed by atoms with E-state index in [1.54, 1.807) is 14.2 Å². The van der Waals surface area contributed by atoms with Crippen LogP contribution >= 0.6 is 22.6 Å². The van der Waals surface area contributed by atoms with Crippen molar-refractivity contribution in [2.75, 3.05) is 14.2 Å². The van der Waals surface area contributed by atoms with E-state index in [4.69, 9.17) is 9.47 Å². The lowest BCUT2D eigenvalue weighted by atomic mass is 10.2. The van der Waals surface area contributed by atoms with Gasteiger partial charge in [0.25, 0.3) is 0 Å². The molecule has 0 spiro atoms. The monoisotopic (exact) mass is 278 g/mol. The molecule has 0 aromatic heterocycles. The Labute approximate surface area is 86.0 Å². The zero-order chi connectivity index (χ0) is 8.97. The predicted octanol–water partition coefficient (Wildman–Crippen LogP) is 2.64. The van der Waals surface area contributed by atoms with E-state index in [0.29, 0.717) is 0 Å². The third kappa shape index (κ3) is 2.03. The molecule has 0 saturated heterocycles. The molecule has 0 aliphatic carbocycles. The van der Waals surface area contributed by atoms with Gasteiger partial charge in [-0.2, -0.15) is 0 Å². The number of alkyl halides is 1. The highest BCUT2D eigenvalue weighted by atomic mass is 127. The van der Waals surface area contributed by atoms with E-state index in [9.17, 15) is 0 Å². The van der Waals surface area contributed by atoms with Crippen LogP contribution in [0.15, 0.2) is 18.2 Å². The molecule has 0 radical (unpaired) electrons. The van der Waals surface area contributed by atoms with Gasteiger partial charge in [0.05, 0.1) is 14.2 Å². The average molecular weight is 278 g/mol. The molecule has 0 heterocycles. The van der Waals surface area contributed by atoms with Crippen molar-refractivity contribution in [1.29, 1.82) is 0 Å². The summed E-state index contributed by atoms with van der Waals surface area (Å²) in [6.45, 7) is 0. The van der Waals surface area contributed by atoms with Crippen LogP contribution in [0.1, 0.15) is 5.56 Å². The van der Waals surface area contributed by atoms with E-state index in [0.717, 1.165) is 15.9 Å². The van der Waals surface area contributed by atoms with E-state index >= 15 is 0 Å². The molecule has 0 unspecified atom stereocenters. The van der Waals surface area contributed by atoms with E-state index < -0.39 is 0 Å². The SMILES string of the molecule is COc1ccc(CI)c(OC)c1. The topological polar surface area (TPSA) is 18.5 Å². The minimum atomic E-state index is 0.834. The molecule has 1 rings (SSSR count). The molecule has 0 fully saturated rings. The molecule has 0 atom stereocenters. The van der Waals surface area contributed by atoms with Crippen molar-refractivity contribution in [2.24, 2.45) is 0 Å². The normalized spacial score (nSPS) is 9.58. The quantitative estimate of drug-likeness (QED) is 0.625. The molecule has 0 saturated carbocycles. The van der Waals surface area contributed by atoms with Crippen LogP contribution in [-0.2, 0) is 4.43 Å². The van der Waals surface area contributed by atoms with Crippen molar-refractivity contribution >= 4 is 22.6 Å². The van der Waals surface area contributed by atoms with Crippen LogP contribution in [0.5, 0.6) is 11.5 Å². The lowest BCUT2D eigenvalue weighted by Crippen LogP contribution is -1.90. The van der Waals surface area contributed by atoms with Crippen LogP contribution in [0.2, 0.25) is 0 Å². The number of hydrogen-bond donors (Lipinski definition) is 0. The molecule has 66 valence electrons. The van der Waals surface area contributed by atoms with Crippen molar-refractivity contribution in [3.63, 3.8) is 0 Å². The van der Waals surface area contributed by atoms with Gasteiger partial charge in [-0.15, -0.1) is 0 Å². The number of methoxy groups -OCH3 is 2. The van der Waals surface area contributed by atoms with E-state index in [1.165, 1.54) is 5.56 Å². The Morgan fingerprint density at radius 2 is 2.00 bits per heavy atom. The second-order valence-corrected chi connectivity index (χ2v) is 3.07. The Balaban J connectivity index is 3.02. The van der Waals surface area contributed by atoms with Crippen molar-refractivity contribution in [1.82, 2.24) is 0 Å². The summed E-state index contributed by atoms with van der Waals surface area (Å²) >= 11 is 2.31. The van der Waals surface area contributed by atoms with Crippen LogP contribution < -0.4 is 9.47 Å². The Morgan fingerprint density at radius 3 is 2.50 bits per heavy atom. The fourth-order valence-corrected chi connectivity index (χ4v) is 1.59. The minimum absolute atomic E-state index is 0.834. The molecule has 0 N–H and O–H groups in total. The van der Waals surface area contributed by atoms with Gasteiger partial charge >= 0.3 is 0 Å². The molecular weight excluding hydrogens is 267 g/mol. The molecule has 12 heavy (non-hydrogen) atoms. The third-order valence-corrected chi connectivity index (χ3v) is 2.46. The summed E-state index contributed by atoms with van der Waals surface area (Å²) in [6.07, 6.45) is 0. The predicted molar refractivity (Wildman–Crippen MR) is 57.3 cm³/mol. The van der Waals surface area contributed by atoms with Gasteiger partial charge in [0.15, 0.2) is 0 Å². The molecule has 0 aliphatic rings. The van der Waals surface area contributed by atoms with Gasteiger partial charge in [-0.25, -0.2) is 0 Å². The molecule has 0 amide bonds. The zero-order valence-electron chi connectivity index (χ0n) is 7.13. The summed E-state index contributed by atoms with van der Waals surface area (Å²) in [6, 6.07) is 5.86. The Morgan fingerprint density at radius 1 is 1.25 bits per heavy atom. The smallest absolute Gasteiger partial charge is 0.126 e. The maximum Gasteiger partial charge on any atom is 0.126 e. The Hall–Kier alpha value is -0.450. The summed E-state index contributed by atoms with van der Waals surface area (Å²) in [5.74, 6) is 1.73. The second kappa shape index (κ2) is 4.54. The Bertz CT molecular complexity index is 261. The lowest BCUT2D eigenvalue weighted by Gasteiger charge is -2.07. The number of ether oxygens (including phenoxy) is 2. The van der Waals surface area contributed by atoms with Gasteiger partial charge < -0.3 is 9.47 Å². The van der Waals surface area contributed by atoms with E-state index in [-0.39, 0.29) is 0 Å². The van der Waals surface area contributed by atoms with E-state index in [2.05, 4.69) is 22.6 Å². The highest BCUT2D eigenvalue weighted by Gasteiger charge is 2.02. The van der Waals surface area contributed by atoms with Gasteiger partial charge in [-0.3, -0.25) is 0 Å². The maximum atomic E-state index is 5.19. The molecule has 0 bridgehead atoms. The minimum Gasteiger partial charge on any atom is -0.497 e. The van der Waals surface area contributed by atoms with Crippen molar-refractivity contribution < 1.29 is 9.47 Å². The molecule has 3 heteroatoms. The number of hydrogen-bond acceptors (Lipinski definition) is 2. The lowest BCUT2D eigenvalue weighted by molar-refractivity contribution is 0.392. The third-order valence-electron chi connectivity index (χ3n) is 1.64. The van der Waals surface area contributed by atoms with Gasteiger partial charge in [-0.1, -0.05) is 28.7 Å². The first-order valence-corrected chi connectivity index (χ1v) is 5.11. The second-order valence-electron chi connectivity index (χ2n) is 2.31. The van der Waals surface area contributed by atoms with Gasteiger partial charge in [0.1, 0.15) is 11.5 Å². The number of rotatable bonds is 3. The van der Waals surface area contributed by atoms with Crippen LogP contribution in [0.25, 0.3) is 0 Å². The van der Waals surface area contributed by atoms with Crippen molar-refractivity contribution in [2.45, 2.75) is 4.43 Å². The van der Waals surface area contributed by atoms with E-state index in [1.807, 2.05) is 18.2 Å². The first-order chi connectivity index (χ1) is 5.81. The maximum absolute atomic E-state index is 5.19. The van der Waals surface area contributed by atoms with Crippen LogP contribution in [0.4, 0.5) is 0 Å². The molecule has 1 aromatic carbocycles. The molecule has 2 nitrogen and oxygen atoms in total. The summed E-state index contributed by atoms with van der Waals surface area (Å²) in [4.78, 5) is 0. The summed E-state index contributed by atoms with van der Waals surface area (Å²) in [5, 5.41) is 0. The molecular formula is C9H11IO2. The fourth-order valence-electron chi connectivity index (χ4n) is 0.962. The number of halogens is 1. The fraction of sp³-hybridized carbons (Fsp3) is 0.333. The van der Waals surface area contributed by atoms with Gasteiger partial charge in [-0.05, 0) is 6.07 Å². The summed E-state index contributed by atoms with van der Waals surface area (Å²) in [5.41, 5.74) is 1.19. The number of benzene rings is 1. The van der Waals surface area contributed by atoms with Crippen molar-refractivity contribution in [3.8, 4) is 11.5 Å². The standard InChI is InChI=1S/C9H11IO2/c1-11-8-4-3-7(6-10)9(5-8)12-2/h3-5H,6H2,1-2H3. The molecule has 0 aliphatic heterocycles. The van der Waals surface area contributed by atoms with Crippen LogP contribution in [0.3, 0.4) is 0 Å². The Kier molecular flexibility index (Phi) is 3.65. The highest BCUT2D eigenvalue weighted by molar-refractivity contribution is 14.1. The molecule has 1 aromatic rings. The first-order valence-electron chi connectivity index (χ1n) is 3.58. The highest BCUT2D eigenvalue weighted by Crippen LogP contribution is 2.25. The van der Waals surface area contributed by atoms with Gasteiger partial charge in [0.2, 0.25) is 0 Å². The first kappa shape index (κ1) is 9.64. The zero-order valence-corrected chi connectivity index (χ0v) is 9.29. The summed E-state index contributed by atoms with van der Waals surface area (Å²) < 4.78 is 11.2. The average Bonchev–Trinajstić information content (AvgIpc) is 2.16.